The molecule has 27 heavy (non-hydrogen) atoms. The average Bonchev–Trinajstić information content (AvgIpc) is 3.30. The zero-order valence-electron chi connectivity index (χ0n) is 14.9. The fourth-order valence-electron chi connectivity index (χ4n) is 4.45. The number of imidazole rings is 1. The van der Waals surface area contributed by atoms with Crippen LogP contribution in [0.5, 0.6) is 0 Å². The summed E-state index contributed by atoms with van der Waals surface area (Å²) in [6, 6.07) is 0.577. The third-order valence-corrected chi connectivity index (χ3v) is 5.89. The summed E-state index contributed by atoms with van der Waals surface area (Å²) >= 11 is 0. The Morgan fingerprint density at radius 3 is 2.70 bits per heavy atom. The van der Waals surface area contributed by atoms with Gasteiger partial charge in [0.1, 0.15) is 5.82 Å². The molecule has 0 atom stereocenters. The Balaban J connectivity index is 1.57. The Bertz CT molecular complexity index is 1020. The van der Waals surface area contributed by atoms with E-state index in [0.717, 1.165) is 53.8 Å². The summed E-state index contributed by atoms with van der Waals surface area (Å²) in [5, 5.41) is 0. The van der Waals surface area contributed by atoms with Gasteiger partial charge < -0.3 is 19.9 Å². The van der Waals surface area contributed by atoms with E-state index in [-0.39, 0.29) is 5.95 Å². The summed E-state index contributed by atoms with van der Waals surface area (Å²) in [4.78, 5) is 25.3. The van der Waals surface area contributed by atoms with Crippen molar-refractivity contribution in [2.45, 2.75) is 31.8 Å². The van der Waals surface area contributed by atoms with E-state index in [1.54, 1.807) is 12.4 Å². The molecule has 2 bridgehead atoms. The number of anilines is 2. The standard InChI is InChI=1S/C18H20N8O/c19-18-20-7-11(8-21-18)15-23-16-14(22-13-1-3-27-4-2-25(13)16)17(24-15)26-9-10-5-12(26)6-10/h7-8,10,12H,1-6,9H2,(H2,19,20,21). The number of fused-ring (bicyclic) bond motifs is 4. The molecule has 3 fully saturated rings. The molecule has 138 valence electrons. The first-order valence-corrected chi connectivity index (χ1v) is 9.45. The number of hydrogen-bond donors (Lipinski definition) is 1. The van der Waals surface area contributed by atoms with E-state index >= 15 is 0 Å². The zero-order valence-corrected chi connectivity index (χ0v) is 14.9. The Morgan fingerprint density at radius 2 is 1.93 bits per heavy atom. The van der Waals surface area contributed by atoms with Crippen LogP contribution in [0.15, 0.2) is 12.4 Å². The predicted octanol–water partition coefficient (Wildman–Crippen LogP) is 1.04. The van der Waals surface area contributed by atoms with Crippen LogP contribution in [-0.2, 0) is 17.7 Å². The maximum Gasteiger partial charge on any atom is 0.219 e. The van der Waals surface area contributed by atoms with Crippen molar-refractivity contribution in [2.24, 2.45) is 5.92 Å². The van der Waals surface area contributed by atoms with Crippen LogP contribution < -0.4 is 10.6 Å². The molecule has 6 heterocycles. The molecule has 3 aromatic rings. The molecule has 0 spiro atoms. The minimum Gasteiger partial charge on any atom is -0.379 e. The highest BCUT2D eigenvalue weighted by atomic mass is 16.5. The van der Waals surface area contributed by atoms with Crippen LogP contribution in [0.25, 0.3) is 22.6 Å². The van der Waals surface area contributed by atoms with Crippen LogP contribution in [0.3, 0.4) is 0 Å². The minimum atomic E-state index is 0.246. The van der Waals surface area contributed by atoms with E-state index in [1.807, 2.05) is 0 Å². The van der Waals surface area contributed by atoms with Crippen LogP contribution in [0, 0.1) is 5.92 Å². The quantitative estimate of drug-likeness (QED) is 0.718. The van der Waals surface area contributed by atoms with Gasteiger partial charge in [-0.1, -0.05) is 0 Å². The van der Waals surface area contributed by atoms with E-state index in [0.29, 0.717) is 25.1 Å². The summed E-state index contributed by atoms with van der Waals surface area (Å²) < 4.78 is 7.79. The molecule has 2 saturated heterocycles. The predicted molar refractivity (Wildman–Crippen MR) is 99.1 cm³/mol. The second-order valence-electron chi connectivity index (χ2n) is 7.56. The van der Waals surface area contributed by atoms with Gasteiger partial charge in [-0.2, -0.15) is 0 Å². The molecule has 0 aromatic carbocycles. The van der Waals surface area contributed by atoms with Gasteiger partial charge in [-0.15, -0.1) is 0 Å². The summed E-state index contributed by atoms with van der Waals surface area (Å²) in [5.74, 6) is 3.62. The molecule has 9 heteroatoms. The molecular formula is C18H20N8O. The molecule has 4 aliphatic rings. The number of nitrogens with zero attached hydrogens (tertiary/aromatic N) is 7. The van der Waals surface area contributed by atoms with E-state index in [9.17, 15) is 0 Å². The van der Waals surface area contributed by atoms with Crippen molar-refractivity contribution >= 4 is 22.9 Å². The van der Waals surface area contributed by atoms with Crippen molar-refractivity contribution in [1.82, 2.24) is 29.5 Å². The molecule has 1 saturated carbocycles. The monoisotopic (exact) mass is 364 g/mol. The fraction of sp³-hybridized carbons (Fsp3) is 0.500. The Hall–Kier alpha value is -2.81. The number of nitrogen functional groups attached to an aromatic ring is 1. The second kappa shape index (κ2) is 5.59. The fourth-order valence-corrected chi connectivity index (χ4v) is 4.45. The molecule has 0 amide bonds. The van der Waals surface area contributed by atoms with Crippen LogP contribution in [-0.4, -0.2) is 55.3 Å². The molecule has 0 unspecified atom stereocenters. The summed E-state index contributed by atoms with van der Waals surface area (Å²) in [5.41, 5.74) is 8.18. The van der Waals surface area contributed by atoms with Gasteiger partial charge in [-0.25, -0.2) is 24.9 Å². The van der Waals surface area contributed by atoms with Crippen molar-refractivity contribution in [3.05, 3.63) is 18.2 Å². The number of aromatic nitrogens is 6. The lowest BCUT2D eigenvalue weighted by molar-refractivity contribution is 0.140. The summed E-state index contributed by atoms with van der Waals surface area (Å²) in [6.45, 7) is 3.18. The second-order valence-corrected chi connectivity index (χ2v) is 7.56. The first kappa shape index (κ1) is 15.3. The maximum atomic E-state index is 5.64. The highest BCUT2D eigenvalue weighted by molar-refractivity contribution is 5.87. The molecule has 0 radical (unpaired) electrons. The molecular weight excluding hydrogens is 344 g/mol. The van der Waals surface area contributed by atoms with E-state index in [1.165, 1.54) is 12.8 Å². The van der Waals surface area contributed by atoms with E-state index in [2.05, 4.69) is 19.4 Å². The number of ether oxygens (including phenoxy) is 1. The van der Waals surface area contributed by atoms with Crippen LogP contribution >= 0.6 is 0 Å². The molecule has 3 aliphatic heterocycles. The highest BCUT2D eigenvalue weighted by Crippen LogP contribution is 2.44. The maximum absolute atomic E-state index is 5.64. The number of rotatable bonds is 2. The molecule has 9 nitrogen and oxygen atoms in total. The van der Waals surface area contributed by atoms with Gasteiger partial charge in [0.25, 0.3) is 0 Å². The minimum absolute atomic E-state index is 0.246. The number of hydrogen-bond acceptors (Lipinski definition) is 8. The van der Waals surface area contributed by atoms with Gasteiger partial charge in [0.05, 0.1) is 18.8 Å². The summed E-state index contributed by atoms with van der Waals surface area (Å²) in [6.07, 6.45) is 6.67. The first-order chi connectivity index (χ1) is 13.3. The van der Waals surface area contributed by atoms with Gasteiger partial charge in [-0.3, -0.25) is 0 Å². The molecule has 7 rings (SSSR count). The van der Waals surface area contributed by atoms with Crippen LogP contribution in [0.2, 0.25) is 0 Å². The Morgan fingerprint density at radius 1 is 1.07 bits per heavy atom. The largest absolute Gasteiger partial charge is 0.379 e. The van der Waals surface area contributed by atoms with Crippen molar-refractivity contribution in [1.29, 1.82) is 0 Å². The van der Waals surface area contributed by atoms with E-state index in [4.69, 9.17) is 25.4 Å². The summed E-state index contributed by atoms with van der Waals surface area (Å²) in [7, 11) is 0. The van der Waals surface area contributed by atoms with Crippen LogP contribution in [0.1, 0.15) is 18.7 Å². The van der Waals surface area contributed by atoms with Gasteiger partial charge >= 0.3 is 0 Å². The van der Waals surface area contributed by atoms with Crippen molar-refractivity contribution in [3.8, 4) is 11.4 Å². The lowest BCUT2D eigenvalue weighted by atomic mass is 9.86. The third-order valence-electron chi connectivity index (χ3n) is 5.89. The topological polar surface area (TPSA) is 108 Å². The lowest BCUT2D eigenvalue weighted by Gasteiger charge is -2.26. The smallest absolute Gasteiger partial charge is 0.219 e. The SMILES string of the molecule is Nc1ncc(-c2nc(N3CC4CC3C4)c3nc4n(c3n2)CCOCC4)cn1. The lowest BCUT2D eigenvalue weighted by Crippen LogP contribution is -2.29. The average molecular weight is 364 g/mol. The third kappa shape index (κ3) is 2.31. The molecule has 1 aliphatic carbocycles. The van der Waals surface area contributed by atoms with Gasteiger partial charge in [0.15, 0.2) is 22.8 Å². The van der Waals surface area contributed by atoms with Gasteiger partial charge in [0, 0.05) is 37.9 Å². The molecule has 3 aromatic heterocycles. The first-order valence-electron chi connectivity index (χ1n) is 9.45. The van der Waals surface area contributed by atoms with E-state index < -0.39 is 0 Å². The molecule has 2 N–H and O–H groups in total. The van der Waals surface area contributed by atoms with Crippen molar-refractivity contribution < 1.29 is 4.74 Å². The zero-order chi connectivity index (χ0) is 18.0. The highest BCUT2D eigenvalue weighted by Gasteiger charge is 2.44. The Kier molecular flexibility index (Phi) is 3.16. The van der Waals surface area contributed by atoms with Crippen molar-refractivity contribution in [2.75, 3.05) is 30.4 Å². The van der Waals surface area contributed by atoms with Gasteiger partial charge in [-0.05, 0) is 18.8 Å². The Labute approximate surface area is 155 Å². The number of nitrogens with two attached hydrogens (primary N) is 1. The van der Waals surface area contributed by atoms with Gasteiger partial charge in [0.2, 0.25) is 5.95 Å². The normalized spacial score (nSPS) is 23.9. The van der Waals surface area contributed by atoms with Crippen molar-refractivity contribution in [3.63, 3.8) is 0 Å². The van der Waals surface area contributed by atoms with Crippen LogP contribution in [0.4, 0.5) is 11.8 Å².